The predicted octanol–water partition coefficient (Wildman–Crippen LogP) is 4.26. The summed E-state index contributed by atoms with van der Waals surface area (Å²) in [4.78, 5) is 18.2. The molecule has 0 heterocycles. The van der Waals surface area contributed by atoms with Crippen LogP contribution in [0.3, 0.4) is 0 Å². The Bertz CT molecular complexity index is 818. The van der Waals surface area contributed by atoms with E-state index < -0.39 is 0 Å². The maximum absolute atomic E-state index is 12.0. The van der Waals surface area contributed by atoms with Crippen molar-refractivity contribution in [2.45, 2.75) is 33.2 Å². The van der Waals surface area contributed by atoms with Crippen LogP contribution >= 0.6 is 24.0 Å². The van der Waals surface area contributed by atoms with E-state index in [1.54, 1.807) is 19.0 Å². The van der Waals surface area contributed by atoms with Crippen LogP contribution in [0.15, 0.2) is 53.5 Å². The third-order valence-corrected chi connectivity index (χ3v) is 4.58. The van der Waals surface area contributed by atoms with Gasteiger partial charge in [0.2, 0.25) is 0 Å². The Morgan fingerprint density at radius 3 is 2.23 bits per heavy atom. The quantitative estimate of drug-likeness (QED) is 0.217. The molecule has 0 aromatic heterocycles. The fourth-order valence-electron chi connectivity index (χ4n) is 2.81. The number of guanidine groups is 1. The lowest BCUT2D eigenvalue weighted by atomic mass is 10.0. The molecular formula is C24H35IN4O2. The normalized spacial score (nSPS) is 11.0. The van der Waals surface area contributed by atoms with Gasteiger partial charge in [-0.2, -0.15) is 0 Å². The Morgan fingerprint density at radius 2 is 1.68 bits per heavy atom. The average molecular weight is 538 g/mol. The van der Waals surface area contributed by atoms with Crippen LogP contribution < -0.4 is 15.4 Å². The number of halogens is 1. The maximum atomic E-state index is 12.0. The van der Waals surface area contributed by atoms with Gasteiger partial charge in [0.05, 0.1) is 13.1 Å². The summed E-state index contributed by atoms with van der Waals surface area (Å²) in [7, 11) is 3.50. The first-order valence-electron chi connectivity index (χ1n) is 10.5. The Balaban J connectivity index is 0.00000480. The third kappa shape index (κ3) is 9.16. The molecule has 31 heavy (non-hydrogen) atoms. The fourth-order valence-corrected chi connectivity index (χ4v) is 2.81. The number of nitrogens with zero attached hydrogens (tertiary/aromatic N) is 2. The first-order valence-corrected chi connectivity index (χ1v) is 10.5. The van der Waals surface area contributed by atoms with Gasteiger partial charge in [-0.25, -0.2) is 4.99 Å². The number of rotatable bonds is 9. The molecule has 0 unspecified atom stereocenters. The summed E-state index contributed by atoms with van der Waals surface area (Å²) in [6.45, 7) is 8.90. The molecule has 0 saturated carbocycles. The molecule has 7 heteroatoms. The number of carbonyl (C=O) groups excluding carboxylic acids is 1. The predicted molar refractivity (Wildman–Crippen MR) is 139 cm³/mol. The van der Waals surface area contributed by atoms with Gasteiger partial charge in [0, 0.05) is 26.2 Å². The minimum atomic E-state index is -0.00102. The Hall–Kier alpha value is -2.29. The third-order valence-electron chi connectivity index (χ3n) is 4.58. The monoisotopic (exact) mass is 538 g/mol. The molecule has 0 radical (unpaired) electrons. The number of carbonyl (C=O) groups is 1. The van der Waals surface area contributed by atoms with Gasteiger partial charge in [0.1, 0.15) is 12.4 Å². The molecule has 0 atom stereocenters. The highest BCUT2D eigenvalue weighted by atomic mass is 127. The van der Waals surface area contributed by atoms with Crippen molar-refractivity contribution in [3.8, 4) is 5.75 Å². The minimum absolute atomic E-state index is 0. The maximum Gasteiger partial charge on any atom is 0.253 e. The Morgan fingerprint density at radius 1 is 1.03 bits per heavy atom. The molecular weight excluding hydrogens is 503 g/mol. The van der Waals surface area contributed by atoms with Crippen molar-refractivity contribution in [2.24, 2.45) is 4.99 Å². The van der Waals surface area contributed by atoms with Gasteiger partial charge in [0.15, 0.2) is 5.96 Å². The Kier molecular flexibility index (Phi) is 12.0. The molecule has 0 bridgehead atoms. The van der Waals surface area contributed by atoms with Crippen molar-refractivity contribution in [1.82, 2.24) is 15.5 Å². The van der Waals surface area contributed by atoms with Gasteiger partial charge >= 0.3 is 0 Å². The van der Waals surface area contributed by atoms with Crippen molar-refractivity contribution < 1.29 is 9.53 Å². The van der Waals surface area contributed by atoms with E-state index >= 15 is 0 Å². The van der Waals surface area contributed by atoms with Crippen LogP contribution in [0.25, 0.3) is 0 Å². The Labute approximate surface area is 203 Å². The lowest BCUT2D eigenvalue weighted by Crippen LogP contribution is -2.39. The molecule has 2 N–H and O–H groups in total. The molecule has 0 aliphatic rings. The zero-order valence-corrected chi connectivity index (χ0v) is 21.5. The standard InChI is InChI=1S/C24H34N4O2.HI/c1-6-25-24(26-15-16-30-22-13-11-20(12-14-22)18(2)3)27-17-19-7-9-21(10-8-19)23(29)28(4)5;/h7-14,18H,6,15-17H2,1-5H3,(H2,25,26,27);1H. The summed E-state index contributed by atoms with van der Waals surface area (Å²) in [6.07, 6.45) is 0. The lowest BCUT2D eigenvalue weighted by Gasteiger charge is -2.13. The number of ether oxygens (including phenoxy) is 1. The second-order valence-corrected chi connectivity index (χ2v) is 7.59. The highest BCUT2D eigenvalue weighted by Gasteiger charge is 2.07. The second-order valence-electron chi connectivity index (χ2n) is 7.59. The largest absolute Gasteiger partial charge is 0.492 e. The molecule has 0 fully saturated rings. The van der Waals surface area contributed by atoms with Gasteiger partial charge in [-0.1, -0.05) is 38.1 Å². The second kappa shape index (κ2) is 13.9. The van der Waals surface area contributed by atoms with Crippen LogP contribution in [-0.4, -0.2) is 50.6 Å². The summed E-state index contributed by atoms with van der Waals surface area (Å²) < 4.78 is 5.81. The lowest BCUT2D eigenvalue weighted by molar-refractivity contribution is 0.0827. The van der Waals surface area contributed by atoms with Gasteiger partial charge in [-0.05, 0) is 48.2 Å². The fraction of sp³-hybridized carbons (Fsp3) is 0.417. The summed E-state index contributed by atoms with van der Waals surface area (Å²) in [6, 6.07) is 15.8. The number of benzene rings is 2. The molecule has 0 saturated heterocycles. The van der Waals surface area contributed by atoms with Crippen molar-refractivity contribution in [3.63, 3.8) is 0 Å². The summed E-state index contributed by atoms with van der Waals surface area (Å²) in [5.74, 6) is 2.13. The summed E-state index contributed by atoms with van der Waals surface area (Å²) >= 11 is 0. The molecule has 170 valence electrons. The number of nitrogens with one attached hydrogen (secondary N) is 2. The van der Waals surface area contributed by atoms with Crippen LogP contribution in [-0.2, 0) is 6.54 Å². The van der Waals surface area contributed by atoms with Crippen LogP contribution in [0.4, 0.5) is 0 Å². The number of hydrogen-bond acceptors (Lipinski definition) is 3. The average Bonchev–Trinajstić information content (AvgIpc) is 2.75. The van der Waals surface area contributed by atoms with E-state index in [0.717, 1.165) is 23.8 Å². The minimum Gasteiger partial charge on any atom is -0.492 e. The van der Waals surface area contributed by atoms with E-state index in [0.29, 0.717) is 31.2 Å². The number of hydrogen-bond donors (Lipinski definition) is 2. The van der Waals surface area contributed by atoms with E-state index in [1.165, 1.54) is 5.56 Å². The van der Waals surface area contributed by atoms with E-state index in [1.807, 2.05) is 43.3 Å². The van der Waals surface area contributed by atoms with Crippen LogP contribution in [0, 0.1) is 0 Å². The van der Waals surface area contributed by atoms with E-state index in [-0.39, 0.29) is 29.9 Å². The molecule has 0 spiro atoms. The first kappa shape index (κ1) is 26.7. The number of aliphatic imine (C=N–C) groups is 1. The van der Waals surface area contributed by atoms with E-state index in [2.05, 4.69) is 41.6 Å². The number of amides is 1. The van der Waals surface area contributed by atoms with E-state index in [4.69, 9.17) is 4.74 Å². The van der Waals surface area contributed by atoms with Crippen LogP contribution in [0.5, 0.6) is 5.75 Å². The zero-order chi connectivity index (χ0) is 21.9. The highest BCUT2D eigenvalue weighted by molar-refractivity contribution is 14.0. The smallest absolute Gasteiger partial charge is 0.253 e. The van der Waals surface area contributed by atoms with Gasteiger partial charge in [-0.15, -0.1) is 24.0 Å². The van der Waals surface area contributed by atoms with Gasteiger partial charge in [0.25, 0.3) is 5.91 Å². The molecule has 6 nitrogen and oxygen atoms in total. The van der Waals surface area contributed by atoms with Crippen LogP contribution in [0.2, 0.25) is 0 Å². The molecule has 0 aliphatic carbocycles. The van der Waals surface area contributed by atoms with Crippen molar-refractivity contribution in [1.29, 1.82) is 0 Å². The van der Waals surface area contributed by atoms with Gasteiger partial charge in [-0.3, -0.25) is 4.79 Å². The molecule has 1 amide bonds. The SMILES string of the molecule is CCNC(=NCc1ccc(C(=O)N(C)C)cc1)NCCOc1ccc(C(C)C)cc1.I. The zero-order valence-electron chi connectivity index (χ0n) is 19.1. The summed E-state index contributed by atoms with van der Waals surface area (Å²) in [5.41, 5.74) is 3.03. The molecule has 2 aromatic carbocycles. The molecule has 0 aliphatic heterocycles. The van der Waals surface area contributed by atoms with Crippen molar-refractivity contribution in [3.05, 3.63) is 65.2 Å². The van der Waals surface area contributed by atoms with Crippen LogP contribution in [0.1, 0.15) is 48.2 Å². The van der Waals surface area contributed by atoms with Crippen molar-refractivity contribution >= 4 is 35.8 Å². The van der Waals surface area contributed by atoms with Crippen molar-refractivity contribution in [2.75, 3.05) is 33.8 Å². The van der Waals surface area contributed by atoms with Gasteiger partial charge < -0.3 is 20.3 Å². The highest BCUT2D eigenvalue weighted by Crippen LogP contribution is 2.18. The first-order chi connectivity index (χ1) is 14.4. The summed E-state index contributed by atoms with van der Waals surface area (Å²) in [5, 5.41) is 6.53. The molecule has 2 aromatic rings. The molecule has 2 rings (SSSR count). The topological polar surface area (TPSA) is 66.0 Å². The van der Waals surface area contributed by atoms with E-state index in [9.17, 15) is 4.79 Å².